The van der Waals surface area contributed by atoms with Gasteiger partial charge in [-0.2, -0.15) is 0 Å². The Bertz CT molecular complexity index is 439. The highest BCUT2D eigenvalue weighted by Gasteiger charge is 2.24. The minimum absolute atomic E-state index is 0.344. The van der Waals surface area contributed by atoms with Gasteiger partial charge in [0.05, 0.1) is 12.1 Å². The van der Waals surface area contributed by atoms with Gasteiger partial charge in [-0.3, -0.25) is 0 Å². The fraction of sp³-hybridized carbons (Fsp3) is 0.611. The van der Waals surface area contributed by atoms with Gasteiger partial charge in [0.15, 0.2) is 0 Å². The van der Waals surface area contributed by atoms with Crippen molar-refractivity contribution in [3.8, 4) is 0 Å². The van der Waals surface area contributed by atoms with Crippen LogP contribution in [0.5, 0.6) is 0 Å². The summed E-state index contributed by atoms with van der Waals surface area (Å²) < 4.78 is 5.30. The van der Waals surface area contributed by atoms with E-state index in [1.165, 1.54) is 0 Å². The van der Waals surface area contributed by atoms with Gasteiger partial charge in [-0.1, -0.05) is 50.1 Å². The molecule has 2 N–H and O–H groups in total. The monoisotopic (exact) mass is 307 g/mol. The Labute approximate surface area is 133 Å². The van der Waals surface area contributed by atoms with E-state index in [4.69, 9.17) is 4.74 Å². The van der Waals surface area contributed by atoms with Crippen molar-refractivity contribution in [3.05, 3.63) is 35.9 Å². The molecule has 4 nitrogen and oxygen atoms in total. The molecule has 1 aromatic carbocycles. The van der Waals surface area contributed by atoms with Gasteiger partial charge in [-0.15, -0.1) is 0 Å². The van der Waals surface area contributed by atoms with Gasteiger partial charge in [0.1, 0.15) is 5.60 Å². The van der Waals surface area contributed by atoms with Gasteiger partial charge in [0, 0.05) is 0 Å². The van der Waals surface area contributed by atoms with Crippen LogP contribution in [0, 0.1) is 0 Å². The Morgan fingerprint density at radius 1 is 1.27 bits per heavy atom. The summed E-state index contributed by atoms with van der Waals surface area (Å²) in [6.45, 7) is 7.56. The highest BCUT2D eigenvalue weighted by molar-refractivity contribution is 5.68. The van der Waals surface area contributed by atoms with Crippen LogP contribution in [0.25, 0.3) is 0 Å². The molecule has 2 unspecified atom stereocenters. The third kappa shape index (κ3) is 7.46. The average Bonchev–Trinajstić information content (AvgIpc) is 2.43. The molecule has 0 aliphatic rings. The first-order chi connectivity index (χ1) is 10.3. The molecule has 0 spiro atoms. The number of benzene rings is 1. The van der Waals surface area contributed by atoms with Crippen molar-refractivity contribution in [3.63, 3.8) is 0 Å². The Balaban J connectivity index is 2.71. The van der Waals surface area contributed by atoms with Crippen LogP contribution in [0.2, 0.25) is 0 Å². The van der Waals surface area contributed by atoms with Crippen molar-refractivity contribution < 1.29 is 14.6 Å². The molecular weight excluding hydrogens is 278 g/mol. The predicted molar refractivity (Wildman–Crippen MR) is 88.8 cm³/mol. The quantitative estimate of drug-likeness (QED) is 0.808. The molecular formula is C18H29NO3. The molecule has 0 aliphatic heterocycles. The number of aliphatic hydroxyl groups excluding tert-OH is 1. The Morgan fingerprint density at radius 3 is 2.45 bits per heavy atom. The van der Waals surface area contributed by atoms with Crippen LogP contribution in [-0.2, 0) is 11.2 Å². The number of aliphatic hydroxyl groups is 1. The second kappa shape index (κ2) is 8.79. The highest BCUT2D eigenvalue weighted by atomic mass is 16.6. The smallest absolute Gasteiger partial charge is 0.407 e. The zero-order valence-corrected chi connectivity index (χ0v) is 14.1. The van der Waals surface area contributed by atoms with E-state index in [9.17, 15) is 9.90 Å². The number of amides is 1. The van der Waals surface area contributed by atoms with E-state index >= 15 is 0 Å². The number of ether oxygens (including phenoxy) is 1. The van der Waals surface area contributed by atoms with Gasteiger partial charge in [0.25, 0.3) is 0 Å². The van der Waals surface area contributed by atoms with Gasteiger partial charge in [0.2, 0.25) is 0 Å². The van der Waals surface area contributed by atoms with Crippen molar-refractivity contribution in [2.75, 3.05) is 0 Å². The van der Waals surface area contributed by atoms with Crippen LogP contribution in [0.3, 0.4) is 0 Å². The number of alkyl carbamates (subject to hydrolysis) is 1. The van der Waals surface area contributed by atoms with Crippen LogP contribution in [0.15, 0.2) is 30.3 Å². The summed E-state index contributed by atoms with van der Waals surface area (Å²) in [4.78, 5) is 12.0. The van der Waals surface area contributed by atoms with E-state index in [0.717, 1.165) is 18.4 Å². The molecule has 1 aromatic rings. The van der Waals surface area contributed by atoms with Crippen molar-refractivity contribution in [1.29, 1.82) is 0 Å². The van der Waals surface area contributed by atoms with E-state index < -0.39 is 17.8 Å². The fourth-order valence-corrected chi connectivity index (χ4v) is 2.22. The first kappa shape index (κ1) is 18.5. The maximum Gasteiger partial charge on any atom is 0.407 e. The van der Waals surface area contributed by atoms with E-state index in [0.29, 0.717) is 12.8 Å². The largest absolute Gasteiger partial charge is 0.444 e. The van der Waals surface area contributed by atoms with E-state index in [-0.39, 0.29) is 6.04 Å². The lowest BCUT2D eigenvalue weighted by atomic mass is 9.98. The topological polar surface area (TPSA) is 58.6 Å². The second-order valence-electron chi connectivity index (χ2n) is 6.65. The highest BCUT2D eigenvalue weighted by Crippen LogP contribution is 2.13. The molecule has 1 rings (SSSR count). The zero-order chi connectivity index (χ0) is 16.6. The number of hydrogen-bond acceptors (Lipinski definition) is 3. The lowest BCUT2D eigenvalue weighted by molar-refractivity contribution is 0.0411. The summed E-state index contributed by atoms with van der Waals surface area (Å²) in [7, 11) is 0. The van der Waals surface area contributed by atoms with Crippen molar-refractivity contribution >= 4 is 6.09 Å². The summed E-state index contributed by atoms with van der Waals surface area (Å²) in [6, 6.07) is 9.51. The molecule has 2 atom stereocenters. The predicted octanol–water partition coefficient (Wildman–Crippen LogP) is 3.67. The summed E-state index contributed by atoms with van der Waals surface area (Å²) in [5.74, 6) is 0. The van der Waals surface area contributed by atoms with Crippen molar-refractivity contribution in [2.24, 2.45) is 0 Å². The molecule has 0 heterocycles. The average molecular weight is 307 g/mol. The van der Waals surface area contributed by atoms with Gasteiger partial charge < -0.3 is 15.2 Å². The van der Waals surface area contributed by atoms with Crippen LogP contribution >= 0.6 is 0 Å². The van der Waals surface area contributed by atoms with Crippen LogP contribution in [0.4, 0.5) is 4.79 Å². The maximum absolute atomic E-state index is 12.0. The van der Waals surface area contributed by atoms with Crippen LogP contribution in [0.1, 0.15) is 52.5 Å². The number of carbonyl (C=O) groups excluding carboxylic acids is 1. The van der Waals surface area contributed by atoms with Gasteiger partial charge in [-0.05, 0) is 39.2 Å². The molecule has 0 fully saturated rings. The van der Waals surface area contributed by atoms with Crippen molar-refractivity contribution in [1.82, 2.24) is 5.32 Å². The van der Waals surface area contributed by atoms with E-state index in [1.54, 1.807) is 0 Å². The standard InChI is InChI=1S/C18H29NO3/c1-5-6-12-16(20)15(13-14-10-8-7-9-11-14)19-17(21)22-18(2,3)4/h7-11,15-16,20H,5-6,12-13H2,1-4H3,(H,19,21). The van der Waals surface area contributed by atoms with Gasteiger partial charge in [-0.25, -0.2) is 4.79 Å². The molecule has 22 heavy (non-hydrogen) atoms. The third-order valence-corrected chi connectivity index (χ3v) is 3.32. The summed E-state index contributed by atoms with van der Waals surface area (Å²) >= 11 is 0. The summed E-state index contributed by atoms with van der Waals surface area (Å²) in [6.07, 6.45) is 2.15. The van der Waals surface area contributed by atoms with Crippen LogP contribution in [-0.4, -0.2) is 28.9 Å². The van der Waals surface area contributed by atoms with Gasteiger partial charge >= 0.3 is 6.09 Å². The number of unbranched alkanes of at least 4 members (excludes halogenated alkanes) is 1. The number of carbonyl (C=O) groups is 1. The molecule has 0 saturated heterocycles. The maximum atomic E-state index is 12.0. The molecule has 0 aliphatic carbocycles. The molecule has 0 saturated carbocycles. The Hall–Kier alpha value is -1.55. The Kier molecular flexibility index (Phi) is 7.39. The normalized spacial score (nSPS) is 14.2. The van der Waals surface area contributed by atoms with E-state index in [2.05, 4.69) is 12.2 Å². The molecule has 0 bridgehead atoms. The summed E-state index contributed by atoms with van der Waals surface area (Å²) in [5, 5.41) is 13.2. The lowest BCUT2D eigenvalue weighted by Gasteiger charge is -2.27. The minimum Gasteiger partial charge on any atom is -0.444 e. The van der Waals surface area contributed by atoms with Crippen LogP contribution < -0.4 is 5.32 Å². The summed E-state index contributed by atoms with van der Waals surface area (Å²) in [5.41, 5.74) is 0.537. The van der Waals surface area contributed by atoms with E-state index in [1.807, 2.05) is 51.1 Å². The number of hydrogen-bond donors (Lipinski definition) is 2. The third-order valence-electron chi connectivity index (χ3n) is 3.32. The molecule has 1 amide bonds. The second-order valence-corrected chi connectivity index (χ2v) is 6.65. The lowest BCUT2D eigenvalue weighted by Crippen LogP contribution is -2.46. The number of rotatable bonds is 7. The molecule has 124 valence electrons. The first-order valence-corrected chi connectivity index (χ1v) is 8.03. The molecule has 0 radical (unpaired) electrons. The molecule has 4 heteroatoms. The minimum atomic E-state index is -0.576. The number of nitrogens with one attached hydrogen (secondary N) is 1. The Morgan fingerprint density at radius 2 is 1.91 bits per heavy atom. The zero-order valence-electron chi connectivity index (χ0n) is 14.1. The molecule has 0 aromatic heterocycles. The fourth-order valence-electron chi connectivity index (χ4n) is 2.22. The van der Waals surface area contributed by atoms with Crippen molar-refractivity contribution in [2.45, 2.75) is 71.1 Å². The SMILES string of the molecule is CCCCC(O)C(Cc1ccccc1)NC(=O)OC(C)(C)C. The first-order valence-electron chi connectivity index (χ1n) is 8.03.